The van der Waals surface area contributed by atoms with Crippen LogP contribution in [-0.2, 0) is 0 Å². The Morgan fingerprint density at radius 1 is 0.0929 bits per heavy atom. The van der Waals surface area contributed by atoms with E-state index in [9.17, 15) is 0 Å². The topological polar surface area (TPSA) is 29.6 Å². The fraction of sp³-hybridized carbons (Fsp3) is 0. The van der Waals surface area contributed by atoms with E-state index in [-0.39, 0.29) is 0 Å². The third-order valence-corrected chi connectivity index (χ3v) is 28.7. The molecule has 0 spiro atoms. The summed E-state index contributed by atoms with van der Waals surface area (Å²) in [6, 6.07) is 194. The second kappa shape index (κ2) is 33.8. The predicted octanol–water partition coefficient (Wildman–Crippen LogP) is 36.0. The Kier molecular flexibility index (Phi) is 19.5. The number of hydrogen-bond acceptors (Lipinski definition) is 0. The number of para-hydroxylation sites is 7. The van der Waals surface area contributed by atoms with Crippen LogP contribution in [0.3, 0.4) is 0 Å². The normalized spacial score (nSPS) is 11.7. The van der Waals surface area contributed by atoms with Gasteiger partial charge in [0.2, 0.25) is 0 Å². The van der Waals surface area contributed by atoms with Crippen LogP contribution < -0.4 is 0 Å². The molecule has 0 N–H and O–H groups in total. The zero-order valence-corrected chi connectivity index (χ0v) is 76.5. The van der Waals surface area contributed by atoms with E-state index in [1.54, 1.807) is 0 Å². The molecule has 0 aliphatic heterocycles. The van der Waals surface area contributed by atoms with Crippen molar-refractivity contribution in [2.24, 2.45) is 0 Å². The highest BCUT2D eigenvalue weighted by molar-refractivity contribution is 6.18. The summed E-state index contributed by atoms with van der Waals surface area (Å²) >= 11 is 0. The molecule has 0 bridgehead atoms. The van der Waals surface area contributed by atoms with Crippen molar-refractivity contribution in [2.45, 2.75) is 0 Å². The van der Waals surface area contributed by atoms with E-state index < -0.39 is 0 Å². The van der Waals surface area contributed by atoms with E-state index >= 15 is 0 Å². The number of aromatic nitrogens is 6. The quantitative estimate of drug-likeness (QED) is 0.117. The van der Waals surface area contributed by atoms with E-state index in [0.29, 0.717) is 0 Å². The lowest BCUT2D eigenvalue weighted by molar-refractivity contribution is 1.18. The zero-order valence-electron chi connectivity index (χ0n) is 76.5. The molecular formula is C134H88N6. The van der Waals surface area contributed by atoms with Gasteiger partial charge in [-0.25, -0.2) is 0 Å². The van der Waals surface area contributed by atoms with Crippen LogP contribution in [0, 0.1) is 0 Å². The third-order valence-electron chi connectivity index (χ3n) is 28.7. The molecule has 0 saturated heterocycles. The van der Waals surface area contributed by atoms with Gasteiger partial charge in [-0.05, 0) is 247 Å². The Hall–Kier alpha value is -18.6. The maximum Gasteiger partial charge on any atom is 0.0541 e. The van der Waals surface area contributed by atoms with E-state index in [1.807, 2.05) is 0 Å². The van der Waals surface area contributed by atoms with Gasteiger partial charge >= 0.3 is 0 Å². The number of nitrogens with zero attached hydrogens (tertiary/aromatic N) is 6. The van der Waals surface area contributed by atoms with Crippen LogP contribution >= 0.6 is 0 Å². The maximum absolute atomic E-state index is 2.43. The van der Waals surface area contributed by atoms with Crippen LogP contribution in [0.25, 0.3) is 253 Å². The molecule has 29 aromatic rings. The highest BCUT2D eigenvalue weighted by Crippen LogP contribution is 2.46. The fourth-order valence-electron chi connectivity index (χ4n) is 22.3. The first kappa shape index (κ1) is 81.0. The van der Waals surface area contributed by atoms with Crippen LogP contribution in [0.1, 0.15) is 0 Å². The van der Waals surface area contributed by atoms with Crippen LogP contribution in [-0.4, -0.2) is 27.4 Å². The minimum Gasteiger partial charge on any atom is -0.309 e. The van der Waals surface area contributed by atoms with Crippen molar-refractivity contribution in [1.29, 1.82) is 0 Å². The molecule has 23 aromatic carbocycles. The van der Waals surface area contributed by atoms with Gasteiger partial charge in [-0.3, -0.25) is 0 Å². The fourth-order valence-corrected chi connectivity index (χ4v) is 22.3. The second-order valence-electron chi connectivity index (χ2n) is 36.6. The average Bonchev–Trinajstić information content (AvgIpc) is 1.59. The Labute approximate surface area is 808 Å². The van der Waals surface area contributed by atoms with Crippen molar-refractivity contribution < 1.29 is 0 Å². The van der Waals surface area contributed by atoms with Crippen molar-refractivity contribution in [3.63, 3.8) is 0 Å². The molecular weight excluding hydrogens is 1690 g/mol. The van der Waals surface area contributed by atoms with Crippen molar-refractivity contribution in [1.82, 2.24) is 27.4 Å². The third kappa shape index (κ3) is 13.7. The first-order valence-electron chi connectivity index (χ1n) is 48.2. The number of fused-ring (bicyclic) bond motifs is 20. The molecule has 0 atom stereocenters. The molecule has 0 fully saturated rings. The van der Waals surface area contributed by atoms with Gasteiger partial charge in [0.05, 0.1) is 77.6 Å². The minimum atomic E-state index is 1.16. The molecule has 0 unspecified atom stereocenters. The van der Waals surface area contributed by atoms with E-state index in [1.165, 1.54) is 236 Å². The smallest absolute Gasteiger partial charge is 0.0541 e. The van der Waals surface area contributed by atoms with Gasteiger partial charge in [-0.15, -0.1) is 0 Å². The van der Waals surface area contributed by atoms with E-state index in [0.717, 1.165) is 17.1 Å². The predicted molar refractivity (Wildman–Crippen MR) is 593 cm³/mol. The monoisotopic (exact) mass is 1780 g/mol. The molecule has 6 heteroatoms. The molecule has 0 aliphatic carbocycles. The molecule has 0 amide bonds. The maximum atomic E-state index is 2.43. The van der Waals surface area contributed by atoms with Gasteiger partial charge in [-0.1, -0.05) is 364 Å². The lowest BCUT2D eigenvalue weighted by Gasteiger charge is -2.12. The Morgan fingerprint density at radius 3 is 0.593 bits per heavy atom. The largest absolute Gasteiger partial charge is 0.309 e. The molecule has 140 heavy (non-hydrogen) atoms. The lowest BCUT2D eigenvalue weighted by atomic mass is 10.0. The summed E-state index contributed by atoms with van der Waals surface area (Å²) in [5.41, 5.74) is 36.3. The molecule has 654 valence electrons. The summed E-state index contributed by atoms with van der Waals surface area (Å²) in [6.07, 6.45) is 0. The van der Waals surface area contributed by atoms with Crippen molar-refractivity contribution in [3.8, 4) is 101 Å². The molecule has 6 nitrogen and oxygen atoms in total. The molecule has 0 saturated carbocycles. The molecule has 6 heterocycles. The number of benzene rings is 23. The van der Waals surface area contributed by atoms with Crippen LogP contribution in [0.15, 0.2) is 534 Å². The molecule has 0 aliphatic rings. The summed E-state index contributed by atoms with van der Waals surface area (Å²) in [6.45, 7) is 0. The van der Waals surface area contributed by atoms with E-state index in [4.69, 9.17) is 0 Å². The van der Waals surface area contributed by atoms with Gasteiger partial charge in [-0.2, -0.15) is 0 Å². The summed E-state index contributed by atoms with van der Waals surface area (Å²) in [5.74, 6) is 0. The van der Waals surface area contributed by atoms with Gasteiger partial charge in [0.25, 0.3) is 0 Å². The average molecular weight is 1780 g/mol. The Morgan fingerprint density at radius 2 is 0.279 bits per heavy atom. The highest BCUT2D eigenvalue weighted by atomic mass is 15.0. The van der Waals surface area contributed by atoms with Crippen LogP contribution in [0.2, 0.25) is 0 Å². The molecule has 29 rings (SSSR count). The summed E-state index contributed by atoms with van der Waals surface area (Å²) in [5, 5.41) is 20.1. The van der Waals surface area contributed by atoms with Crippen LogP contribution in [0.4, 0.5) is 0 Å². The zero-order chi connectivity index (χ0) is 92.2. The van der Waals surface area contributed by atoms with E-state index in [2.05, 4.69) is 561 Å². The second-order valence-corrected chi connectivity index (χ2v) is 36.6. The minimum absolute atomic E-state index is 1.16. The van der Waals surface area contributed by atoms with Crippen LogP contribution in [0.5, 0.6) is 0 Å². The lowest BCUT2D eigenvalue weighted by Crippen LogP contribution is -1.95. The van der Waals surface area contributed by atoms with Gasteiger partial charge in [0.1, 0.15) is 0 Å². The standard InChI is InChI=1S/C48H32N2.C46H30N2.C40H26N2/c1-3-11-33(12-4-1)35-19-25-39(26-20-35)49-45-17-9-7-15-41(45)43-31-37(23-29-47(43)49)38-24-30-48-44(32-38)42-16-8-10-18-46(42)50(48)40-27-21-36(22-28-40)34-13-5-2-6-14-34;1-2-12-31(13-3-1)33-16-10-17-36(28-33)47-43-21-8-6-19-38(43)40-29-34(24-26-45(40)47)35-25-27-46-41(30-35)39-20-7-9-22-44(39)48(46)42-23-11-15-32-14-4-5-18-37(32)42;1-2-13-30(14-3-1)41-37-18-8-6-16-32(37)34-25-28(21-23-39(34)41)29-22-24-40-35(26-29)33-17-7-9-19-38(33)42(40)36-20-10-12-27-11-4-5-15-31(27)36/h1-32H;1-30H;1-26H. The van der Waals surface area contributed by atoms with Gasteiger partial charge < -0.3 is 27.4 Å². The first-order chi connectivity index (χ1) is 69.5. The SMILES string of the molecule is c1ccc(-c2ccc(-n3c4ccccc4c4cc(-c5ccc6c(c5)c5ccccc5n6-c5ccc(-c6ccccc6)cc5)ccc43)cc2)cc1.c1ccc(-c2cccc(-n3c4ccccc4c4cc(-c5ccc6c(c5)c5ccccc5n6-c5cccc6ccccc56)ccc43)c2)cc1.c1ccc(-n2c3ccccc3c3cc(-c4ccc5c(c4)c4ccccc4n5-c4cccc5ccccc45)ccc32)cc1. The van der Waals surface area contributed by atoms with Gasteiger partial charge in [0, 0.05) is 98.2 Å². The van der Waals surface area contributed by atoms with Gasteiger partial charge in [0.15, 0.2) is 0 Å². The highest BCUT2D eigenvalue weighted by Gasteiger charge is 2.24. The Balaban J connectivity index is 0.000000106. The molecule has 0 radical (unpaired) electrons. The Bertz CT molecular complexity index is 9710. The molecule has 6 aromatic heterocycles. The summed E-state index contributed by atoms with van der Waals surface area (Å²) < 4.78 is 14.4. The summed E-state index contributed by atoms with van der Waals surface area (Å²) in [4.78, 5) is 0. The summed E-state index contributed by atoms with van der Waals surface area (Å²) in [7, 11) is 0. The number of hydrogen-bond donors (Lipinski definition) is 0. The first-order valence-corrected chi connectivity index (χ1v) is 48.2. The van der Waals surface area contributed by atoms with Crippen molar-refractivity contribution in [3.05, 3.63) is 534 Å². The van der Waals surface area contributed by atoms with Crippen molar-refractivity contribution >= 4 is 152 Å². The van der Waals surface area contributed by atoms with Crippen molar-refractivity contribution in [2.75, 3.05) is 0 Å². The number of rotatable bonds is 12.